The number of aliphatic hydroxyl groups is 10. The number of carbonyl (C=O) groups excluding carboxylic acids is 1. The van der Waals surface area contributed by atoms with Gasteiger partial charge in [0.15, 0.2) is 5.78 Å². The van der Waals surface area contributed by atoms with Crippen LogP contribution in [0.1, 0.15) is 0 Å². The first-order valence-electron chi connectivity index (χ1n) is 6.30. The Kier molecular flexibility index (Phi) is 9.11. The normalized spacial score (nSPS) is 23.0. The fourth-order valence-electron chi connectivity index (χ4n) is 1.56. The van der Waals surface area contributed by atoms with E-state index in [2.05, 4.69) is 0 Å². The highest BCUT2D eigenvalue weighted by atomic mass is 16.4. The number of hydrogen-bond acceptors (Lipinski definition) is 11. The summed E-state index contributed by atoms with van der Waals surface area (Å²) in [5, 5.41) is 91.8. The first-order valence-corrected chi connectivity index (χ1v) is 6.30. The van der Waals surface area contributed by atoms with Gasteiger partial charge in [-0.3, -0.25) is 4.79 Å². The molecule has 0 radical (unpaired) electrons. The Balaban J connectivity index is 4.86. The van der Waals surface area contributed by atoms with Gasteiger partial charge in [-0.2, -0.15) is 0 Å². The summed E-state index contributed by atoms with van der Waals surface area (Å²) in [5.74, 6) is -1.62. The summed E-state index contributed by atoms with van der Waals surface area (Å²) in [6, 6.07) is 0. The van der Waals surface area contributed by atoms with Crippen LogP contribution in [0, 0.1) is 0 Å². The lowest BCUT2D eigenvalue weighted by molar-refractivity contribution is -0.167. The smallest absolute Gasteiger partial charge is 0.195 e. The van der Waals surface area contributed by atoms with Crippen LogP contribution in [0.15, 0.2) is 0 Å². The number of hydrogen-bond donors (Lipinski definition) is 10. The van der Waals surface area contributed by atoms with E-state index in [0.29, 0.717) is 0 Å². The van der Waals surface area contributed by atoms with E-state index in [-0.39, 0.29) is 0 Å². The van der Waals surface area contributed by atoms with Gasteiger partial charge in [0.25, 0.3) is 0 Å². The van der Waals surface area contributed by atoms with E-state index in [4.69, 9.17) is 20.4 Å². The zero-order valence-electron chi connectivity index (χ0n) is 11.4. The average molecular weight is 330 g/mol. The third-order valence-electron chi connectivity index (χ3n) is 3.09. The lowest BCUT2D eigenvalue weighted by Gasteiger charge is -2.29. The van der Waals surface area contributed by atoms with Gasteiger partial charge < -0.3 is 51.1 Å². The maximum absolute atomic E-state index is 11.6. The Labute approximate surface area is 124 Å². The highest BCUT2D eigenvalue weighted by molar-refractivity contribution is 5.88. The van der Waals surface area contributed by atoms with Crippen LogP contribution in [0.25, 0.3) is 0 Å². The molecule has 0 aliphatic rings. The van der Waals surface area contributed by atoms with E-state index in [9.17, 15) is 35.4 Å². The van der Waals surface area contributed by atoms with Crippen LogP contribution in [-0.2, 0) is 4.79 Å². The number of rotatable bonds is 10. The van der Waals surface area contributed by atoms with Crippen molar-refractivity contribution < 1.29 is 55.9 Å². The minimum absolute atomic E-state index is 0.980. The number of aliphatic hydroxyl groups excluding tert-OH is 10. The van der Waals surface area contributed by atoms with Gasteiger partial charge in [-0.15, -0.1) is 0 Å². The Morgan fingerprint density at radius 3 is 1.09 bits per heavy atom. The molecule has 0 amide bonds. The monoisotopic (exact) mass is 330 g/mol. The molecule has 0 unspecified atom stereocenters. The molecule has 11 nitrogen and oxygen atoms in total. The van der Waals surface area contributed by atoms with E-state index in [1.807, 2.05) is 0 Å². The highest BCUT2D eigenvalue weighted by Crippen LogP contribution is 2.12. The minimum atomic E-state index is -2.46. The van der Waals surface area contributed by atoms with E-state index >= 15 is 0 Å². The highest BCUT2D eigenvalue weighted by Gasteiger charge is 2.41. The second-order valence-electron chi connectivity index (χ2n) is 4.75. The van der Waals surface area contributed by atoms with Crippen LogP contribution in [0.5, 0.6) is 0 Å². The molecule has 0 fully saturated rings. The molecule has 0 aromatic carbocycles. The molecule has 0 heterocycles. The molecule has 10 N–H and O–H groups in total. The molecule has 0 spiro atoms. The topological polar surface area (TPSA) is 219 Å². The van der Waals surface area contributed by atoms with Crippen LogP contribution in [0.2, 0.25) is 0 Å². The van der Waals surface area contributed by atoms with Gasteiger partial charge in [-0.25, -0.2) is 0 Å². The molecule has 11 heteroatoms. The van der Waals surface area contributed by atoms with Crippen molar-refractivity contribution in [3.05, 3.63) is 0 Å². The lowest BCUT2D eigenvalue weighted by atomic mass is 9.93. The second-order valence-corrected chi connectivity index (χ2v) is 4.75. The number of carbonyl (C=O) groups is 1. The van der Waals surface area contributed by atoms with Gasteiger partial charge in [0, 0.05) is 0 Å². The molecular formula is C11H22O11. The minimum Gasteiger partial charge on any atom is -0.394 e. The SMILES string of the molecule is O=C([C@@H](O)[C@H](O)[C@H](O)[C@@H](O)CO)[C@@H](O)[C@@H](O)[C@H](O)[C@H](O)CO. The zero-order chi connectivity index (χ0) is 17.6. The van der Waals surface area contributed by atoms with Crippen LogP contribution in [0.4, 0.5) is 0 Å². The van der Waals surface area contributed by atoms with Gasteiger partial charge in [0.2, 0.25) is 0 Å². The Morgan fingerprint density at radius 1 is 0.591 bits per heavy atom. The summed E-state index contributed by atoms with van der Waals surface area (Å²) < 4.78 is 0. The van der Waals surface area contributed by atoms with Crippen molar-refractivity contribution in [2.24, 2.45) is 0 Å². The maximum Gasteiger partial charge on any atom is 0.195 e. The van der Waals surface area contributed by atoms with E-state index in [1.54, 1.807) is 0 Å². The molecule has 0 aliphatic carbocycles. The second kappa shape index (κ2) is 9.42. The standard InChI is InChI=1S/C11H22O11/c12-1-3(14)5(16)7(18)9(20)11(22)10(21)8(19)6(17)4(15)2-13/h3-10,12-21H,1-2H2/t3-,4+,5-,6-,7+,8-,9+,10+/m1/s1. The zero-order valence-corrected chi connectivity index (χ0v) is 11.4. The molecule has 0 aromatic heterocycles. The summed E-state index contributed by atoms with van der Waals surface area (Å²) in [6.07, 6.45) is -17.5. The predicted octanol–water partition coefficient (Wildman–Crippen LogP) is -6.57. The summed E-state index contributed by atoms with van der Waals surface area (Å²) in [4.78, 5) is 11.6. The quantitative estimate of drug-likeness (QED) is 0.181. The fourth-order valence-corrected chi connectivity index (χ4v) is 1.56. The number of Topliss-reactive ketones (excluding diaryl/α,β-unsaturated/α-hetero) is 1. The summed E-state index contributed by atoms with van der Waals surface area (Å²) in [6.45, 7) is -1.96. The molecule has 0 aliphatic heterocycles. The van der Waals surface area contributed by atoms with Crippen LogP contribution < -0.4 is 0 Å². The first-order chi connectivity index (χ1) is 10.1. The van der Waals surface area contributed by atoms with E-state index in [0.717, 1.165) is 0 Å². The van der Waals surface area contributed by atoms with Crippen LogP contribution in [0.3, 0.4) is 0 Å². The van der Waals surface area contributed by atoms with Gasteiger partial charge >= 0.3 is 0 Å². The van der Waals surface area contributed by atoms with Crippen molar-refractivity contribution in [1.29, 1.82) is 0 Å². The molecule has 0 bridgehead atoms. The van der Waals surface area contributed by atoms with Crippen molar-refractivity contribution >= 4 is 5.78 Å². The summed E-state index contributed by atoms with van der Waals surface area (Å²) in [7, 11) is 0. The largest absolute Gasteiger partial charge is 0.394 e. The molecule has 132 valence electrons. The van der Waals surface area contributed by atoms with Crippen molar-refractivity contribution in [2.75, 3.05) is 13.2 Å². The third-order valence-corrected chi connectivity index (χ3v) is 3.09. The van der Waals surface area contributed by atoms with Crippen molar-refractivity contribution in [1.82, 2.24) is 0 Å². The Hall–Kier alpha value is -0.730. The molecule has 0 saturated carbocycles. The molecule has 22 heavy (non-hydrogen) atoms. The van der Waals surface area contributed by atoms with Crippen molar-refractivity contribution in [3.63, 3.8) is 0 Å². The molecule has 0 rings (SSSR count). The van der Waals surface area contributed by atoms with Crippen LogP contribution in [-0.4, -0.2) is 119 Å². The summed E-state index contributed by atoms with van der Waals surface area (Å²) in [5.41, 5.74) is 0. The predicted molar refractivity (Wildman–Crippen MR) is 67.2 cm³/mol. The van der Waals surface area contributed by atoms with Gasteiger partial charge in [0.05, 0.1) is 13.2 Å². The lowest BCUT2D eigenvalue weighted by Crippen LogP contribution is -2.55. The Bertz CT molecular complexity index is 308. The Morgan fingerprint density at radius 2 is 0.864 bits per heavy atom. The number of ketones is 1. The molecule has 0 aromatic rings. The summed E-state index contributed by atoms with van der Waals surface area (Å²) >= 11 is 0. The van der Waals surface area contributed by atoms with Gasteiger partial charge in [-0.1, -0.05) is 0 Å². The van der Waals surface area contributed by atoms with Crippen LogP contribution >= 0.6 is 0 Å². The molecular weight excluding hydrogens is 308 g/mol. The molecule has 8 atom stereocenters. The fraction of sp³-hybridized carbons (Fsp3) is 0.909. The van der Waals surface area contributed by atoms with E-state index in [1.165, 1.54) is 0 Å². The first kappa shape index (κ1) is 21.3. The van der Waals surface area contributed by atoms with Gasteiger partial charge in [-0.05, 0) is 0 Å². The molecule has 0 saturated heterocycles. The maximum atomic E-state index is 11.6. The van der Waals surface area contributed by atoms with E-state index < -0.39 is 67.8 Å². The average Bonchev–Trinajstić information content (AvgIpc) is 2.55. The van der Waals surface area contributed by atoms with Crippen molar-refractivity contribution in [3.8, 4) is 0 Å². The van der Waals surface area contributed by atoms with Gasteiger partial charge in [0.1, 0.15) is 48.8 Å². The third kappa shape index (κ3) is 5.17. The van der Waals surface area contributed by atoms with Crippen molar-refractivity contribution in [2.45, 2.75) is 48.8 Å².